The zero-order valence-corrected chi connectivity index (χ0v) is 10.6. The summed E-state index contributed by atoms with van der Waals surface area (Å²) in [6.45, 7) is 0. The van der Waals surface area contributed by atoms with Crippen molar-refractivity contribution in [2.75, 3.05) is 7.05 Å². The van der Waals surface area contributed by atoms with Crippen LogP contribution in [0.4, 0.5) is 0 Å². The number of halogens is 1. The Hall–Kier alpha value is -1.13. The van der Waals surface area contributed by atoms with Gasteiger partial charge in [-0.25, -0.2) is 0 Å². The predicted octanol–water partition coefficient (Wildman–Crippen LogP) is 2.94. The predicted molar refractivity (Wildman–Crippen MR) is 66.1 cm³/mol. The number of likely N-dealkylation sites (N-methyl/N-ethyl adjacent to an activating group) is 1. The lowest BCUT2D eigenvalue weighted by molar-refractivity contribution is 0.461. The molecule has 4 heteroatoms. The second kappa shape index (κ2) is 5.27. The Kier molecular flexibility index (Phi) is 3.74. The number of nitrogens with zero attached hydrogens (tertiary/aromatic N) is 1. The highest BCUT2D eigenvalue weighted by atomic mass is 79.9. The summed E-state index contributed by atoms with van der Waals surface area (Å²) in [4.78, 5) is 4.38. The third-order valence-electron chi connectivity index (χ3n) is 2.44. The van der Waals surface area contributed by atoms with Crippen LogP contribution in [0.5, 0.6) is 0 Å². The number of aromatic nitrogens is 1. The Morgan fingerprint density at radius 1 is 1.44 bits per heavy atom. The summed E-state index contributed by atoms with van der Waals surface area (Å²) in [5.74, 6) is 0.962. The molecule has 1 atom stereocenters. The number of pyridine rings is 1. The second-order valence-electron chi connectivity index (χ2n) is 3.53. The smallest absolute Gasteiger partial charge is 0.105 e. The molecule has 2 aromatic rings. The van der Waals surface area contributed by atoms with Gasteiger partial charge in [-0.3, -0.25) is 4.98 Å². The van der Waals surface area contributed by atoms with Crippen LogP contribution in [0.3, 0.4) is 0 Å². The SMILES string of the molecule is CNC(Cc1ccco1)c1ccc(Br)cn1. The van der Waals surface area contributed by atoms with Gasteiger partial charge >= 0.3 is 0 Å². The van der Waals surface area contributed by atoms with E-state index < -0.39 is 0 Å². The van der Waals surface area contributed by atoms with Crippen LogP contribution in [0, 0.1) is 0 Å². The lowest BCUT2D eigenvalue weighted by atomic mass is 10.1. The van der Waals surface area contributed by atoms with Gasteiger partial charge in [0, 0.05) is 17.1 Å². The van der Waals surface area contributed by atoms with Crippen molar-refractivity contribution in [3.63, 3.8) is 0 Å². The summed E-state index contributed by atoms with van der Waals surface area (Å²) >= 11 is 3.38. The van der Waals surface area contributed by atoms with E-state index in [-0.39, 0.29) is 6.04 Å². The maximum atomic E-state index is 5.33. The Morgan fingerprint density at radius 2 is 2.31 bits per heavy atom. The van der Waals surface area contributed by atoms with E-state index in [2.05, 4.69) is 26.2 Å². The zero-order valence-electron chi connectivity index (χ0n) is 8.98. The molecule has 2 heterocycles. The molecule has 1 unspecified atom stereocenters. The molecule has 2 aromatic heterocycles. The normalized spacial score (nSPS) is 12.6. The van der Waals surface area contributed by atoms with Crippen LogP contribution in [0.1, 0.15) is 17.5 Å². The first-order valence-electron chi connectivity index (χ1n) is 5.10. The van der Waals surface area contributed by atoms with Gasteiger partial charge in [0.05, 0.1) is 18.0 Å². The van der Waals surface area contributed by atoms with E-state index >= 15 is 0 Å². The summed E-state index contributed by atoms with van der Waals surface area (Å²) in [5, 5.41) is 3.24. The molecule has 84 valence electrons. The zero-order chi connectivity index (χ0) is 11.4. The fourth-order valence-corrected chi connectivity index (χ4v) is 1.81. The van der Waals surface area contributed by atoms with E-state index in [4.69, 9.17) is 4.42 Å². The Bertz CT molecular complexity index is 425. The highest BCUT2D eigenvalue weighted by Crippen LogP contribution is 2.18. The van der Waals surface area contributed by atoms with Gasteiger partial charge in [0.2, 0.25) is 0 Å². The van der Waals surface area contributed by atoms with Crippen molar-refractivity contribution in [2.45, 2.75) is 12.5 Å². The first-order chi connectivity index (χ1) is 7.79. The quantitative estimate of drug-likeness (QED) is 0.936. The molecule has 3 nitrogen and oxygen atoms in total. The summed E-state index contributed by atoms with van der Waals surface area (Å²) in [5.41, 5.74) is 1.02. The summed E-state index contributed by atoms with van der Waals surface area (Å²) in [6, 6.07) is 8.06. The molecule has 0 aliphatic heterocycles. The fraction of sp³-hybridized carbons (Fsp3) is 0.250. The van der Waals surface area contributed by atoms with Gasteiger partial charge in [-0.15, -0.1) is 0 Å². The standard InChI is InChI=1S/C12H13BrN2O/c1-14-12(7-10-3-2-6-16-10)11-5-4-9(13)8-15-11/h2-6,8,12,14H,7H2,1H3. The topological polar surface area (TPSA) is 38.1 Å². The Balaban J connectivity index is 2.13. The summed E-state index contributed by atoms with van der Waals surface area (Å²) in [6.07, 6.45) is 4.30. The molecule has 0 aliphatic rings. The second-order valence-corrected chi connectivity index (χ2v) is 4.44. The molecule has 0 saturated carbocycles. The van der Waals surface area contributed by atoms with E-state index in [0.717, 1.165) is 22.3 Å². The van der Waals surface area contributed by atoms with Gasteiger partial charge in [-0.2, -0.15) is 0 Å². The molecule has 0 aliphatic carbocycles. The van der Waals surface area contributed by atoms with Crippen LogP contribution in [-0.2, 0) is 6.42 Å². The van der Waals surface area contributed by atoms with Crippen molar-refractivity contribution < 1.29 is 4.42 Å². The molecule has 0 bridgehead atoms. The van der Waals surface area contributed by atoms with Crippen LogP contribution in [0.25, 0.3) is 0 Å². The van der Waals surface area contributed by atoms with Crippen LogP contribution in [0.2, 0.25) is 0 Å². The van der Waals surface area contributed by atoms with Crippen molar-refractivity contribution in [3.8, 4) is 0 Å². The molecule has 0 radical (unpaired) electrons. The minimum atomic E-state index is 0.180. The van der Waals surface area contributed by atoms with Gasteiger partial charge in [0.1, 0.15) is 5.76 Å². The molecule has 0 spiro atoms. The van der Waals surface area contributed by atoms with Gasteiger partial charge < -0.3 is 9.73 Å². The van der Waals surface area contributed by atoms with Gasteiger partial charge in [0.15, 0.2) is 0 Å². The van der Waals surface area contributed by atoms with Crippen molar-refractivity contribution in [1.82, 2.24) is 10.3 Å². The molecule has 2 rings (SSSR count). The van der Waals surface area contributed by atoms with E-state index in [1.165, 1.54) is 0 Å². The minimum absolute atomic E-state index is 0.180. The Morgan fingerprint density at radius 3 is 2.88 bits per heavy atom. The number of nitrogens with one attached hydrogen (secondary N) is 1. The maximum absolute atomic E-state index is 5.33. The largest absolute Gasteiger partial charge is 0.469 e. The number of furan rings is 1. The van der Waals surface area contributed by atoms with Crippen LogP contribution >= 0.6 is 15.9 Å². The van der Waals surface area contributed by atoms with Crippen LogP contribution in [-0.4, -0.2) is 12.0 Å². The maximum Gasteiger partial charge on any atom is 0.105 e. The third-order valence-corrected chi connectivity index (χ3v) is 2.91. The molecule has 1 N–H and O–H groups in total. The first-order valence-corrected chi connectivity index (χ1v) is 5.90. The Labute approximate surface area is 103 Å². The molecular formula is C12H13BrN2O. The number of hydrogen-bond acceptors (Lipinski definition) is 3. The molecule has 0 saturated heterocycles. The number of rotatable bonds is 4. The van der Waals surface area contributed by atoms with Crippen molar-refractivity contribution in [3.05, 3.63) is 52.7 Å². The summed E-state index contributed by atoms with van der Waals surface area (Å²) in [7, 11) is 1.93. The molecule has 0 fully saturated rings. The van der Waals surface area contributed by atoms with E-state index in [1.54, 1.807) is 6.26 Å². The lowest BCUT2D eigenvalue weighted by Gasteiger charge is -2.14. The van der Waals surface area contributed by atoms with Gasteiger partial charge in [-0.05, 0) is 47.2 Å². The van der Waals surface area contributed by atoms with Crippen molar-refractivity contribution >= 4 is 15.9 Å². The highest BCUT2D eigenvalue weighted by molar-refractivity contribution is 9.10. The van der Waals surface area contributed by atoms with Crippen LogP contribution in [0.15, 0.2) is 45.6 Å². The third kappa shape index (κ3) is 2.71. The van der Waals surface area contributed by atoms with Gasteiger partial charge in [0.25, 0.3) is 0 Å². The highest BCUT2D eigenvalue weighted by Gasteiger charge is 2.12. The van der Waals surface area contributed by atoms with E-state index in [9.17, 15) is 0 Å². The average Bonchev–Trinajstić information content (AvgIpc) is 2.80. The monoisotopic (exact) mass is 280 g/mol. The van der Waals surface area contributed by atoms with E-state index in [1.807, 2.05) is 37.5 Å². The lowest BCUT2D eigenvalue weighted by Crippen LogP contribution is -2.19. The minimum Gasteiger partial charge on any atom is -0.469 e. The molecule has 16 heavy (non-hydrogen) atoms. The van der Waals surface area contributed by atoms with Crippen LogP contribution < -0.4 is 5.32 Å². The molecular weight excluding hydrogens is 268 g/mol. The molecule has 0 amide bonds. The number of hydrogen-bond donors (Lipinski definition) is 1. The van der Waals surface area contributed by atoms with Crippen molar-refractivity contribution in [1.29, 1.82) is 0 Å². The van der Waals surface area contributed by atoms with E-state index in [0.29, 0.717) is 0 Å². The van der Waals surface area contributed by atoms with Gasteiger partial charge in [-0.1, -0.05) is 0 Å². The summed E-state index contributed by atoms with van der Waals surface area (Å²) < 4.78 is 6.32. The fourth-order valence-electron chi connectivity index (χ4n) is 1.58. The first kappa shape index (κ1) is 11.4. The average molecular weight is 281 g/mol. The van der Waals surface area contributed by atoms with Crippen molar-refractivity contribution in [2.24, 2.45) is 0 Å². The molecule has 0 aromatic carbocycles.